The zero-order valence-electron chi connectivity index (χ0n) is 9.35. The molecule has 0 aromatic heterocycles. The Morgan fingerprint density at radius 2 is 1.67 bits per heavy atom. The average molecular weight is 171 g/mol. The van der Waals surface area contributed by atoms with E-state index in [-0.39, 0.29) is 0 Å². The normalized spacial score (nSPS) is 18.8. The molecule has 1 N–H and O–H groups in total. The first-order valence-corrected chi connectivity index (χ1v) is 5.26. The van der Waals surface area contributed by atoms with Gasteiger partial charge in [0.25, 0.3) is 0 Å². The summed E-state index contributed by atoms with van der Waals surface area (Å²) in [6, 6.07) is 0. The molecule has 1 heteroatoms. The summed E-state index contributed by atoms with van der Waals surface area (Å²) < 4.78 is 0. The summed E-state index contributed by atoms with van der Waals surface area (Å²) in [5.74, 6) is 2.57. The van der Waals surface area contributed by atoms with Crippen molar-refractivity contribution in [3.63, 3.8) is 0 Å². The maximum Gasteiger partial charge on any atom is -0.00261 e. The lowest BCUT2D eigenvalue weighted by Gasteiger charge is -2.21. The van der Waals surface area contributed by atoms with Crippen LogP contribution in [0.3, 0.4) is 0 Å². The Labute approximate surface area is 77.9 Å². The van der Waals surface area contributed by atoms with Gasteiger partial charge in [-0.2, -0.15) is 0 Å². The van der Waals surface area contributed by atoms with Crippen LogP contribution in [0.2, 0.25) is 0 Å². The zero-order valence-corrected chi connectivity index (χ0v) is 9.35. The largest absolute Gasteiger partial charge is 0.319 e. The quantitative estimate of drug-likeness (QED) is 0.648. The van der Waals surface area contributed by atoms with Crippen molar-refractivity contribution in [3.8, 4) is 0 Å². The highest BCUT2D eigenvalue weighted by Gasteiger charge is 2.13. The van der Waals surface area contributed by atoms with Gasteiger partial charge in [-0.1, -0.05) is 34.1 Å². The van der Waals surface area contributed by atoms with Crippen molar-refractivity contribution in [2.75, 3.05) is 13.6 Å². The summed E-state index contributed by atoms with van der Waals surface area (Å²) in [5, 5.41) is 3.23. The fourth-order valence-corrected chi connectivity index (χ4v) is 1.70. The van der Waals surface area contributed by atoms with Crippen LogP contribution in [0.15, 0.2) is 0 Å². The van der Waals surface area contributed by atoms with Crippen molar-refractivity contribution < 1.29 is 0 Å². The fraction of sp³-hybridized carbons (Fsp3) is 1.00. The van der Waals surface area contributed by atoms with E-state index in [0.29, 0.717) is 0 Å². The summed E-state index contributed by atoms with van der Waals surface area (Å²) in [6.07, 6.45) is 2.67. The van der Waals surface area contributed by atoms with Crippen molar-refractivity contribution in [1.29, 1.82) is 0 Å². The van der Waals surface area contributed by atoms with Gasteiger partial charge in [-0.15, -0.1) is 0 Å². The van der Waals surface area contributed by atoms with E-state index in [2.05, 4.69) is 33.0 Å². The first-order chi connectivity index (χ1) is 5.61. The molecule has 1 nitrogen and oxygen atoms in total. The van der Waals surface area contributed by atoms with Gasteiger partial charge in [0, 0.05) is 0 Å². The molecule has 0 aromatic rings. The fourth-order valence-electron chi connectivity index (χ4n) is 1.70. The zero-order chi connectivity index (χ0) is 9.56. The van der Waals surface area contributed by atoms with E-state index < -0.39 is 0 Å². The van der Waals surface area contributed by atoms with Crippen LogP contribution in [0.25, 0.3) is 0 Å². The molecule has 0 aromatic carbocycles. The molecule has 0 saturated heterocycles. The molecule has 0 radical (unpaired) electrons. The minimum Gasteiger partial charge on any atom is -0.319 e. The predicted molar refractivity (Wildman–Crippen MR) is 56.3 cm³/mol. The SMILES string of the molecule is CCC(C)C(C)CC(C)CNC. The predicted octanol–water partition coefficient (Wildman–Crippen LogP) is 2.91. The summed E-state index contributed by atoms with van der Waals surface area (Å²) in [5.41, 5.74) is 0. The molecule has 0 aliphatic carbocycles. The van der Waals surface area contributed by atoms with E-state index >= 15 is 0 Å². The molecule has 0 amide bonds. The molecule has 0 aliphatic heterocycles. The standard InChI is InChI=1S/C11H25N/c1-6-10(3)11(4)7-9(2)8-12-5/h9-12H,6-8H2,1-5H3. The molecule has 0 heterocycles. The second-order valence-corrected chi connectivity index (χ2v) is 4.26. The highest BCUT2D eigenvalue weighted by molar-refractivity contribution is 4.65. The molecule has 3 atom stereocenters. The second kappa shape index (κ2) is 6.47. The van der Waals surface area contributed by atoms with Crippen molar-refractivity contribution in [1.82, 2.24) is 5.32 Å². The van der Waals surface area contributed by atoms with Crippen LogP contribution in [0.5, 0.6) is 0 Å². The van der Waals surface area contributed by atoms with E-state index in [4.69, 9.17) is 0 Å². The Bertz CT molecular complexity index is 101. The van der Waals surface area contributed by atoms with Gasteiger partial charge >= 0.3 is 0 Å². The maximum absolute atomic E-state index is 3.23. The van der Waals surface area contributed by atoms with Gasteiger partial charge in [0.05, 0.1) is 0 Å². The third-order valence-corrected chi connectivity index (χ3v) is 2.94. The number of nitrogens with one attached hydrogen (secondary N) is 1. The van der Waals surface area contributed by atoms with Crippen molar-refractivity contribution in [2.24, 2.45) is 17.8 Å². The molecule has 0 fully saturated rings. The smallest absolute Gasteiger partial charge is 0.00261 e. The number of hydrogen-bond donors (Lipinski definition) is 1. The summed E-state index contributed by atoms with van der Waals surface area (Å²) in [6.45, 7) is 10.5. The van der Waals surface area contributed by atoms with Crippen LogP contribution in [0, 0.1) is 17.8 Å². The van der Waals surface area contributed by atoms with Gasteiger partial charge in [0.1, 0.15) is 0 Å². The molecule has 3 unspecified atom stereocenters. The van der Waals surface area contributed by atoms with Crippen molar-refractivity contribution in [2.45, 2.75) is 40.5 Å². The second-order valence-electron chi connectivity index (χ2n) is 4.26. The first-order valence-electron chi connectivity index (χ1n) is 5.26. The minimum atomic E-state index is 0.819. The van der Waals surface area contributed by atoms with Crippen LogP contribution >= 0.6 is 0 Å². The van der Waals surface area contributed by atoms with Crippen LogP contribution in [0.4, 0.5) is 0 Å². The van der Waals surface area contributed by atoms with E-state index in [1.807, 2.05) is 7.05 Å². The Hall–Kier alpha value is -0.0400. The van der Waals surface area contributed by atoms with Gasteiger partial charge in [0.15, 0.2) is 0 Å². The summed E-state index contributed by atoms with van der Waals surface area (Å²) in [4.78, 5) is 0. The lowest BCUT2D eigenvalue weighted by Crippen LogP contribution is -2.20. The van der Waals surface area contributed by atoms with E-state index in [9.17, 15) is 0 Å². The molecule has 0 saturated carbocycles. The topological polar surface area (TPSA) is 12.0 Å². The summed E-state index contributed by atoms with van der Waals surface area (Å²) >= 11 is 0. The molecular weight excluding hydrogens is 146 g/mol. The molecular formula is C11H25N. The molecule has 0 rings (SSSR count). The highest BCUT2D eigenvalue weighted by atomic mass is 14.8. The highest BCUT2D eigenvalue weighted by Crippen LogP contribution is 2.21. The van der Waals surface area contributed by atoms with E-state index in [1.165, 1.54) is 12.8 Å². The Balaban J connectivity index is 3.59. The molecule has 0 spiro atoms. The van der Waals surface area contributed by atoms with Crippen LogP contribution in [-0.4, -0.2) is 13.6 Å². The average Bonchev–Trinajstić information content (AvgIpc) is 2.03. The maximum atomic E-state index is 3.23. The van der Waals surface area contributed by atoms with Crippen LogP contribution in [0.1, 0.15) is 40.5 Å². The number of hydrogen-bond acceptors (Lipinski definition) is 1. The first kappa shape index (κ1) is 12.0. The Kier molecular flexibility index (Phi) is 6.45. The molecule has 12 heavy (non-hydrogen) atoms. The third-order valence-electron chi connectivity index (χ3n) is 2.94. The van der Waals surface area contributed by atoms with Gasteiger partial charge in [-0.25, -0.2) is 0 Å². The molecule has 0 aliphatic rings. The monoisotopic (exact) mass is 171 g/mol. The van der Waals surface area contributed by atoms with Gasteiger partial charge in [-0.05, 0) is 37.8 Å². The van der Waals surface area contributed by atoms with Crippen molar-refractivity contribution >= 4 is 0 Å². The van der Waals surface area contributed by atoms with Crippen LogP contribution in [-0.2, 0) is 0 Å². The van der Waals surface area contributed by atoms with Crippen LogP contribution < -0.4 is 5.32 Å². The number of rotatable bonds is 6. The minimum absolute atomic E-state index is 0.819. The molecule has 74 valence electrons. The van der Waals surface area contributed by atoms with Gasteiger partial charge in [-0.3, -0.25) is 0 Å². The van der Waals surface area contributed by atoms with Gasteiger partial charge < -0.3 is 5.32 Å². The van der Waals surface area contributed by atoms with Gasteiger partial charge in [0.2, 0.25) is 0 Å². The van der Waals surface area contributed by atoms with E-state index in [1.54, 1.807) is 0 Å². The lowest BCUT2D eigenvalue weighted by atomic mass is 9.86. The Morgan fingerprint density at radius 3 is 2.08 bits per heavy atom. The third kappa shape index (κ3) is 4.76. The summed E-state index contributed by atoms with van der Waals surface area (Å²) in [7, 11) is 2.03. The van der Waals surface area contributed by atoms with Crippen molar-refractivity contribution in [3.05, 3.63) is 0 Å². The lowest BCUT2D eigenvalue weighted by molar-refractivity contribution is 0.304. The molecule has 0 bridgehead atoms. The van der Waals surface area contributed by atoms with E-state index in [0.717, 1.165) is 24.3 Å². The Morgan fingerprint density at radius 1 is 1.08 bits per heavy atom.